The van der Waals surface area contributed by atoms with Crippen LogP contribution in [-0.4, -0.2) is 39.3 Å². The smallest absolute Gasteiger partial charge is 0.314 e. The molecule has 8 heteroatoms. The van der Waals surface area contributed by atoms with Crippen molar-refractivity contribution in [3.05, 3.63) is 47.5 Å². The first kappa shape index (κ1) is 15.9. The van der Waals surface area contributed by atoms with Gasteiger partial charge >= 0.3 is 6.18 Å². The van der Waals surface area contributed by atoms with Crippen molar-refractivity contribution in [2.45, 2.75) is 18.8 Å². The minimum Gasteiger partial charge on any atom is -0.314 e. The molecule has 1 atom stereocenters. The van der Waals surface area contributed by atoms with Crippen LogP contribution >= 0.6 is 0 Å². The molecular weight excluding hydrogens is 307 g/mol. The number of pyridine rings is 1. The summed E-state index contributed by atoms with van der Waals surface area (Å²) in [6.45, 7) is 2.32. The summed E-state index contributed by atoms with van der Waals surface area (Å²) in [4.78, 5) is 6.15. The Kier molecular flexibility index (Phi) is 4.36. The molecule has 5 nitrogen and oxygen atoms in total. The first-order valence-corrected chi connectivity index (χ1v) is 7.39. The van der Waals surface area contributed by atoms with Crippen LogP contribution in [0.2, 0.25) is 0 Å². The largest absolute Gasteiger partial charge is 0.433 e. The second-order valence-electron chi connectivity index (χ2n) is 5.62. The monoisotopic (exact) mass is 325 g/mol. The third-order valence-corrected chi connectivity index (χ3v) is 4.08. The molecule has 2 aromatic heterocycles. The maximum Gasteiger partial charge on any atom is 0.433 e. The lowest BCUT2D eigenvalue weighted by Gasteiger charge is -2.36. The quantitative estimate of drug-likeness (QED) is 0.937. The normalized spacial score (nSPS) is 19.9. The maximum atomic E-state index is 13.2. The topological polar surface area (TPSA) is 46.0 Å². The van der Waals surface area contributed by atoms with Gasteiger partial charge in [0.05, 0.1) is 6.20 Å². The molecule has 0 saturated carbocycles. The molecule has 1 saturated heterocycles. The third kappa shape index (κ3) is 3.37. The van der Waals surface area contributed by atoms with Crippen molar-refractivity contribution in [3.8, 4) is 0 Å². The van der Waals surface area contributed by atoms with Crippen LogP contribution in [0.3, 0.4) is 0 Å². The summed E-state index contributed by atoms with van der Waals surface area (Å²) in [6.07, 6.45) is 0.356. The van der Waals surface area contributed by atoms with E-state index in [4.69, 9.17) is 0 Å². The summed E-state index contributed by atoms with van der Waals surface area (Å²) in [6, 6.07) is 3.79. The van der Waals surface area contributed by atoms with Gasteiger partial charge < -0.3 is 5.32 Å². The third-order valence-electron chi connectivity index (χ3n) is 4.08. The first-order chi connectivity index (χ1) is 11.0. The van der Waals surface area contributed by atoms with E-state index in [1.54, 1.807) is 12.4 Å². The number of piperazine rings is 1. The molecule has 0 aliphatic carbocycles. The Hall–Kier alpha value is -1.93. The van der Waals surface area contributed by atoms with E-state index in [-0.39, 0.29) is 18.2 Å². The van der Waals surface area contributed by atoms with Crippen molar-refractivity contribution < 1.29 is 13.2 Å². The zero-order valence-electron chi connectivity index (χ0n) is 12.7. The summed E-state index contributed by atoms with van der Waals surface area (Å²) < 4.78 is 40.5. The van der Waals surface area contributed by atoms with Gasteiger partial charge in [0, 0.05) is 57.2 Å². The molecule has 0 radical (unpaired) electrons. The van der Waals surface area contributed by atoms with Gasteiger partial charge in [0.1, 0.15) is 5.69 Å². The number of aromatic nitrogens is 3. The molecule has 1 fully saturated rings. The summed E-state index contributed by atoms with van der Waals surface area (Å²) in [5.74, 6) is 0. The van der Waals surface area contributed by atoms with Crippen molar-refractivity contribution >= 4 is 0 Å². The van der Waals surface area contributed by atoms with Crippen LogP contribution in [-0.2, 0) is 19.8 Å². The average molecular weight is 325 g/mol. The molecule has 23 heavy (non-hydrogen) atoms. The fourth-order valence-electron chi connectivity index (χ4n) is 3.02. The van der Waals surface area contributed by atoms with Crippen molar-refractivity contribution in [2.24, 2.45) is 7.05 Å². The lowest BCUT2D eigenvalue weighted by molar-refractivity contribution is -0.144. The van der Waals surface area contributed by atoms with E-state index in [9.17, 15) is 13.2 Å². The molecule has 0 bridgehead atoms. The minimum atomic E-state index is -4.40. The molecule has 0 spiro atoms. The van der Waals surface area contributed by atoms with Gasteiger partial charge in [0.2, 0.25) is 0 Å². The predicted octanol–water partition coefficient (Wildman–Crippen LogP) is 1.98. The lowest BCUT2D eigenvalue weighted by Crippen LogP contribution is -2.45. The standard InChI is InChI=1S/C15H18F3N5/c1-22-14(15(16,17)18)12(8-21-22)10-23-6-5-20-9-13(23)11-3-2-4-19-7-11/h2-4,7-8,13,20H,5-6,9-10H2,1H3. The fourth-order valence-corrected chi connectivity index (χ4v) is 3.02. The predicted molar refractivity (Wildman–Crippen MR) is 78.5 cm³/mol. The molecule has 3 heterocycles. The summed E-state index contributed by atoms with van der Waals surface area (Å²) in [5, 5.41) is 7.07. The highest BCUT2D eigenvalue weighted by Gasteiger charge is 2.38. The highest BCUT2D eigenvalue weighted by molar-refractivity contribution is 5.22. The molecule has 1 unspecified atom stereocenters. The van der Waals surface area contributed by atoms with Crippen LogP contribution in [0.5, 0.6) is 0 Å². The second-order valence-corrected chi connectivity index (χ2v) is 5.62. The summed E-state index contributed by atoms with van der Waals surface area (Å²) >= 11 is 0. The number of rotatable bonds is 3. The number of hydrogen-bond donors (Lipinski definition) is 1. The Bertz CT molecular complexity index is 653. The van der Waals surface area contributed by atoms with Crippen molar-refractivity contribution in [1.82, 2.24) is 25.0 Å². The van der Waals surface area contributed by atoms with Crippen molar-refractivity contribution in [3.63, 3.8) is 0 Å². The molecule has 1 aliphatic heterocycles. The van der Waals surface area contributed by atoms with E-state index in [2.05, 4.69) is 15.4 Å². The minimum absolute atomic E-state index is 0.00117. The van der Waals surface area contributed by atoms with Crippen LogP contribution in [0.4, 0.5) is 13.2 Å². The van der Waals surface area contributed by atoms with E-state index in [0.717, 1.165) is 16.8 Å². The van der Waals surface area contributed by atoms with E-state index in [1.807, 2.05) is 17.0 Å². The lowest BCUT2D eigenvalue weighted by atomic mass is 10.0. The Morgan fingerprint density at radius 1 is 1.35 bits per heavy atom. The molecule has 1 aliphatic rings. The Morgan fingerprint density at radius 2 is 2.17 bits per heavy atom. The van der Waals surface area contributed by atoms with Gasteiger partial charge in [-0.3, -0.25) is 14.6 Å². The van der Waals surface area contributed by atoms with Gasteiger partial charge in [0.25, 0.3) is 0 Å². The maximum absolute atomic E-state index is 13.2. The summed E-state index contributed by atoms with van der Waals surface area (Å²) in [5.41, 5.74) is 0.522. The molecule has 124 valence electrons. The van der Waals surface area contributed by atoms with Crippen LogP contribution in [0, 0.1) is 0 Å². The second kappa shape index (κ2) is 6.29. The van der Waals surface area contributed by atoms with E-state index in [1.165, 1.54) is 13.2 Å². The molecule has 3 rings (SSSR count). The first-order valence-electron chi connectivity index (χ1n) is 7.39. The van der Waals surface area contributed by atoms with E-state index < -0.39 is 11.9 Å². The van der Waals surface area contributed by atoms with E-state index >= 15 is 0 Å². The number of nitrogens with zero attached hydrogens (tertiary/aromatic N) is 4. The molecule has 0 amide bonds. The van der Waals surface area contributed by atoms with Crippen LogP contribution in [0.25, 0.3) is 0 Å². The van der Waals surface area contributed by atoms with Crippen molar-refractivity contribution in [2.75, 3.05) is 19.6 Å². The van der Waals surface area contributed by atoms with E-state index in [0.29, 0.717) is 13.1 Å². The SMILES string of the molecule is Cn1ncc(CN2CCNCC2c2cccnc2)c1C(F)(F)F. The number of halogens is 3. The number of hydrogen-bond acceptors (Lipinski definition) is 4. The fraction of sp³-hybridized carbons (Fsp3) is 0.467. The van der Waals surface area contributed by atoms with Gasteiger partial charge in [-0.2, -0.15) is 18.3 Å². The summed E-state index contributed by atoms with van der Waals surface area (Å²) in [7, 11) is 1.32. The Labute approximate surface area is 132 Å². The van der Waals surface area contributed by atoms with Gasteiger partial charge in [-0.15, -0.1) is 0 Å². The molecule has 0 aromatic carbocycles. The average Bonchev–Trinajstić information content (AvgIpc) is 2.89. The number of nitrogens with one attached hydrogen (secondary N) is 1. The number of alkyl halides is 3. The van der Waals surface area contributed by atoms with Gasteiger partial charge in [-0.1, -0.05) is 6.07 Å². The highest BCUT2D eigenvalue weighted by atomic mass is 19.4. The van der Waals surface area contributed by atoms with Crippen LogP contribution < -0.4 is 5.32 Å². The van der Waals surface area contributed by atoms with Crippen LogP contribution in [0.1, 0.15) is 22.9 Å². The van der Waals surface area contributed by atoms with Gasteiger partial charge in [-0.25, -0.2) is 0 Å². The zero-order valence-corrected chi connectivity index (χ0v) is 12.7. The zero-order chi connectivity index (χ0) is 16.4. The van der Waals surface area contributed by atoms with Gasteiger partial charge in [-0.05, 0) is 11.6 Å². The Morgan fingerprint density at radius 3 is 2.87 bits per heavy atom. The van der Waals surface area contributed by atoms with Gasteiger partial charge in [0.15, 0.2) is 0 Å². The Balaban J connectivity index is 1.86. The highest BCUT2D eigenvalue weighted by Crippen LogP contribution is 2.33. The molecule has 1 N–H and O–H groups in total. The van der Waals surface area contributed by atoms with Crippen LogP contribution in [0.15, 0.2) is 30.7 Å². The van der Waals surface area contributed by atoms with Crippen molar-refractivity contribution in [1.29, 1.82) is 0 Å². The molecule has 2 aromatic rings. The number of aryl methyl sites for hydroxylation is 1. The molecular formula is C15H18F3N5.